The highest BCUT2D eigenvalue weighted by Gasteiger charge is 2.53. The number of cyclic esters (lactones) is 1. The lowest BCUT2D eigenvalue weighted by molar-refractivity contribution is -0.141. The lowest BCUT2D eigenvalue weighted by Crippen LogP contribution is -2.35. The number of methoxy groups -OCH3 is 4. The number of ether oxygens (including phenoxy) is 7. The second-order valence-corrected chi connectivity index (χ2v) is 7.75. The van der Waals surface area contributed by atoms with E-state index in [1.54, 1.807) is 28.4 Å². The number of carbonyl (C=O) groups is 1. The molecule has 5 rings (SSSR count). The van der Waals surface area contributed by atoms with Crippen LogP contribution in [0.15, 0.2) is 24.3 Å². The molecule has 0 bridgehead atoms. The van der Waals surface area contributed by atoms with Crippen molar-refractivity contribution < 1.29 is 38.0 Å². The lowest BCUT2D eigenvalue weighted by Gasteiger charge is -2.38. The Labute approximate surface area is 179 Å². The second-order valence-electron chi connectivity index (χ2n) is 7.75. The van der Waals surface area contributed by atoms with Gasteiger partial charge in [-0.2, -0.15) is 0 Å². The molecular formula is C23H24O8. The molecule has 0 unspecified atom stereocenters. The molecule has 3 aliphatic rings. The van der Waals surface area contributed by atoms with Crippen LogP contribution in [-0.4, -0.2) is 47.8 Å². The fraction of sp³-hybridized carbons (Fsp3) is 0.435. The summed E-state index contributed by atoms with van der Waals surface area (Å²) in [6.45, 7) is 0.469. The fourth-order valence-electron chi connectivity index (χ4n) is 5.09. The van der Waals surface area contributed by atoms with Gasteiger partial charge in [-0.1, -0.05) is 0 Å². The molecule has 8 nitrogen and oxygen atoms in total. The van der Waals surface area contributed by atoms with Crippen LogP contribution in [0.25, 0.3) is 0 Å². The number of esters is 1. The summed E-state index contributed by atoms with van der Waals surface area (Å²) in [5.41, 5.74) is 2.76. The number of fused-ring (bicyclic) bond motifs is 3. The molecular weight excluding hydrogens is 404 g/mol. The second kappa shape index (κ2) is 7.53. The predicted octanol–water partition coefficient (Wildman–Crippen LogP) is 3.06. The van der Waals surface area contributed by atoms with E-state index in [9.17, 15) is 4.79 Å². The summed E-state index contributed by atoms with van der Waals surface area (Å²) in [7, 11) is 6.35. The molecule has 2 heterocycles. The first kappa shape index (κ1) is 19.8. The summed E-state index contributed by atoms with van der Waals surface area (Å²) in [5, 5.41) is 0. The standard InChI is InChI=1S/C23H24O8/c1-25-17-5-11(6-18(26-2)22(17)28-4)19-12-7-15-16(31-10-30-15)8-13(12)21(27-3)14-9-29-23(24)20(14)19/h5-8,14,19-21H,9-10H2,1-4H3/t14-,19+,20-,21+/m0/s1. The molecule has 0 N–H and O–H groups in total. The van der Waals surface area contributed by atoms with Gasteiger partial charge in [-0.15, -0.1) is 0 Å². The Kier molecular flexibility index (Phi) is 4.81. The topological polar surface area (TPSA) is 81.7 Å². The minimum absolute atomic E-state index is 0.130. The molecule has 2 aromatic carbocycles. The van der Waals surface area contributed by atoms with E-state index in [0.717, 1.165) is 16.7 Å². The van der Waals surface area contributed by atoms with E-state index in [1.165, 1.54) is 0 Å². The van der Waals surface area contributed by atoms with Crippen molar-refractivity contribution in [3.63, 3.8) is 0 Å². The van der Waals surface area contributed by atoms with Crippen LogP contribution >= 0.6 is 0 Å². The van der Waals surface area contributed by atoms with Gasteiger partial charge in [0, 0.05) is 18.9 Å². The molecule has 0 radical (unpaired) electrons. The summed E-state index contributed by atoms with van der Waals surface area (Å²) >= 11 is 0. The summed E-state index contributed by atoms with van der Waals surface area (Å²) in [5.74, 6) is 1.78. The Balaban J connectivity index is 1.75. The number of hydrogen-bond donors (Lipinski definition) is 0. The van der Waals surface area contributed by atoms with Gasteiger partial charge in [-0.25, -0.2) is 0 Å². The lowest BCUT2D eigenvalue weighted by atomic mass is 9.66. The minimum Gasteiger partial charge on any atom is -0.493 e. The molecule has 2 aliphatic heterocycles. The molecule has 0 spiro atoms. The SMILES string of the molecule is COc1cc([C@@H]2c3cc4c(cc3[C@@H](OC)[C@H]3COC(=O)[C@H]23)OCO4)cc(OC)c1OC. The maximum atomic E-state index is 12.9. The first-order chi connectivity index (χ1) is 15.1. The van der Waals surface area contributed by atoms with Crippen molar-refractivity contribution in [2.24, 2.45) is 11.8 Å². The van der Waals surface area contributed by atoms with Gasteiger partial charge in [0.2, 0.25) is 12.5 Å². The van der Waals surface area contributed by atoms with Crippen molar-refractivity contribution in [1.29, 1.82) is 0 Å². The molecule has 0 aromatic heterocycles. The Morgan fingerprint density at radius 3 is 2.06 bits per heavy atom. The van der Waals surface area contributed by atoms with Gasteiger partial charge >= 0.3 is 5.97 Å². The fourth-order valence-corrected chi connectivity index (χ4v) is 5.09. The van der Waals surface area contributed by atoms with Crippen LogP contribution in [0.2, 0.25) is 0 Å². The number of benzene rings is 2. The third kappa shape index (κ3) is 2.89. The first-order valence-corrected chi connectivity index (χ1v) is 10.0. The van der Waals surface area contributed by atoms with Gasteiger partial charge in [-0.05, 0) is 41.0 Å². The summed E-state index contributed by atoms with van der Waals surface area (Å²) < 4.78 is 39.2. The van der Waals surface area contributed by atoms with Gasteiger partial charge in [0.25, 0.3) is 0 Å². The average Bonchev–Trinajstić information content (AvgIpc) is 3.41. The van der Waals surface area contributed by atoms with Gasteiger partial charge in [0.15, 0.2) is 23.0 Å². The van der Waals surface area contributed by atoms with Crippen LogP contribution < -0.4 is 23.7 Å². The van der Waals surface area contributed by atoms with Crippen molar-refractivity contribution in [3.8, 4) is 28.7 Å². The van der Waals surface area contributed by atoms with Crippen LogP contribution in [0.1, 0.15) is 28.7 Å². The predicted molar refractivity (Wildman–Crippen MR) is 108 cm³/mol. The quantitative estimate of drug-likeness (QED) is 0.672. The van der Waals surface area contributed by atoms with E-state index in [1.807, 2.05) is 24.3 Å². The molecule has 1 fully saturated rings. The number of hydrogen-bond acceptors (Lipinski definition) is 8. The monoisotopic (exact) mass is 428 g/mol. The highest BCUT2D eigenvalue weighted by Crippen LogP contribution is 2.56. The Morgan fingerprint density at radius 1 is 0.839 bits per heavy atom. The maximum Gasteiger partial charge on any atom is 0.310 e. The minimum atomic E-state index is -0.416. The number of carbonyl (C=O) groups excluding carboxylic acids is 1. The summed E-state index contributed by atoms with van der Waals surface area (Å²) in [6.07, 6.45) is -0.292. The average molecular weight is 428 g/mol. The first-order valence-electron chi connectivity index (χ1n) is 10.0. The molecule has 0 saturated carbocycles. The highest BCUT2D eigenvalue weighted by molar-refractivity contribution is 5.79. The van der Waals surface area contributed by atoms with Gasteiger partial charge < -0.3 is 33.2 Å². The zero-order chi connectivity index (χ0) is 21.7. The molecule has 0 amide bonds. The summed E-state index contributed by atoms with van der Waals surface area (Å²) in [4.78, 5) is 12.9. The molecule has 4 atom stereocenters. The van der Waals surface area contributed by atoms with Crippen LogP contribution in [0.5, 0.6) is 28.7 Å². The van der Waals surface area contributed by atoms with E-state index in [-0.39, 0.29) is 30.7 Å². The van der Waals surface area contributed by atoms with Gasteiger partial charge in [0.05, 0.1) is 40.0 Å². The van der Waals surface area contributed by atoms with E-state index in [4.69, 9.17) is 33.2 Å². The smallest absolute Gasteiger partial charge is 0.310 e. The number of rotatable bonds is 5. The van der Waals surface area contributed by atoms with Gasteiger partial charge in [-0.3, -0.25) is 4.79 Å². The van der Waals surface area contributed by atoms with Crippen LogP contribution in [0.4, 0.5) is 0 Å². The zero-order valence-corrected chi connectivity index (χ0v) is 17.8. The van der Waals surface area contributed by atoms with Crippen LogP contribution in [0.3, 0.4) is 0 Å². The van der Waals surface area contributed by atoms with E-state index >= 15 is 0 Å². The third-order valence-electron chi connectivity index (χ3n) is 6.42. The molecule has 1 aliphatic carbocycles. The normalized spacial score (nSPS) is 25.5. The molecule has 2 aromatic rings. The van der Waals surface area contributed by atoms with Crippen molar-refractivity contribution in [3.05, 3.63) is 41.0 Å². The van der Waals surface area contributed by atoms with Crippen molar-refractivity contribution in [2.45, 2.75) is 12.0 Å². The summed E-state index contributed by atoms with van der Waals surface area (Å²) in [6, 6.07) is 7.67. The van der Waals surface area contributed by atoms with E-state index < -0.39 is 5.92 Å². The highest BCUT2D eigenvalue weighted by atomic mass is 16.7. The largest absolute Gasteiger partial charge is 0.493 e. The molecule has 31 heavy (non-hydrogen) atoms. The molecule has 8 heteroatoms. The maximum absolute atomic E-state index is 12.9. The van der Waals surface area contributed by atoms with Crippen molar-refractivity contribution in [1.82, 2.24) is 0 Å². The Bertz CT molecular complexity index is 1010. The van der Waals surface area contributed by atoms with Gasteiger partial charge in [0.1, 0.15) is 0 Å². The zero-order valence-electron chi connectivity index (χ0n) is 17.8. The Morgan fingerprint density at radius 2 is 1.48 bits per heavy atom. The van der Waals surface area contributed by atoms with E-state index in [0.29, 0.717) is 35.4 Å². The molecule has 1 saturated heterocycles. The third-order valence-corrected chi connectivity index (χ3v) is 6.42. The van der Waals surface area contributed by atoms with Crippen molar-refractivity contribution in [2.75, 3.05) is 41.8 Å². The van der Waals surface area contributed by atoms with Crippen LogP contribution in [-0.2, 0) is 14.3 Å². The Hall–Kier alpha value is -3.13. The van der Waals surface area contributed by atoms with Crippen molar-refractivity contribution >= 4 is 5.97 Å². The van der Waals surface area contributed by atoms with Crippen LogP contribution in [0, 0.1) is 11.8 Å². The molecule has 164 valence electrons. The van der Waals surface area contributed by atoms with E-state index in [2.05, 4.69) is 0 Å².